The van der Waals surface area contributed by atoms with Gasteiger partial charge in [-0.15, -0.1) is 0 Å². The zero-order valence-corrected chi connectivity index (χ0v) is 18.0. The predicted molar refractivity (Wildman–Crippen MR) is 123 cm³/mol. The summed E-state index contributed by atoms with van der Waals surface area (Å²) in [6.45, 7) is 6.24. The van der Waals surface area contributed by atoms with Gasteiger partial charge in [0.15, 0.2) is 0 Å². The highest BCUT2D eigenvalue weighted by atomic mass is 16.2. The minimum atomic E-state index is -0.437. The summed E-state index contributed by atoms with van der Waals surface area (Å²) in [4.78, 5) is 26.1. The molecule has 0 radical (unpaired) electrons. The van der Waals surface area contributed by atoms with Gasteiger partial charge in [-0.3, -0.25) is 9.59 Å². The topological polar surface area (TPSA) is 68.9 Å². The number of aryl methyl sites for hydroxylation is 2. The molecule has 0 saturated carbocycles. The molecule has 0 bridgehead atoms. The number of para-hydroxylation sites is 1. The molecule has 2 aromatic heterocycles. The summed E-state index contributed by atoms with van der Waals surface area (Å²) in [6, 6.07) is 19.0. The number of nitrogens with zero attached hydrogens (tertiary/aromatic N) is 3. The summed E-state index contributed by atoms with van der Waals surface area (Å²) in [5.74, 6) is -0.0706. The first-order chi connectivity index (χ1) is 15.0. The van der Waals surface area contributed by atoms with Crippen LogP contribution in [0.25, 0.3) is 16.5 Å². The Morgan fingerprint density at radius 2 is 1.65 bits per heavy atom. The van der Waals surface area contributed by atoms with Gasteiger partial charge in [0.2, 0.25) is 5.91 Å². The quantitative estimate of drug-likeness (QED) is 0.523. The van der Waals surface area contributed by atoms with E-state index in [1.165, 1.54) is 10.2 Å². The van der Waals surface area contributed by atoms with E-state index in [4.69, 9.17) is 0 Å². The third-order valence-electron chi connectivity index (χ3n) is 5.78. The van der Waals surface area contributed by atoms with Crippen LogP contribution in [-0.2, 0) is 11.2 Å². The molecule has 0 fully saturated rings. The Bertz CT molecular complexity index is 1270. The molecule has 1 atom stereocenters. The number of aromatic nitrogens is 3. The summed E-state index contributed by atoms with van der Waals surface area (Å²) in [5, 5.41) is 8.76. The Balaban J connectivity index is 1.62. The maximum absolute atomic E-state index is 13.2. The van der Waals surface area contributed by atoms with Crippen molar-refractivity contribution in [1.29, 1.82) is 0 Å². The number of benzene rings is 2. The van der Waals surface area contributed by atoms with Crippen LogP contribution in [0.15, 0.2) is 71.7 Å². The maximum atomic E-state index is 13.2. The summed E-state index contributed by atoms with van der Waals surface area (Å²) >= 11 is 0. The lowest BCUT2D eigenvalue weighted by molar-refractivity contribution is -0.123. The average Bonchev–Trinajstić information content (AvgIpc) is 3.05. The monoisotopic (exact) mass is 414 g/mol. The minimum absolute atomic E-state index is 0.0706. The number of carbonyl (C=O) groups excluding carboxylic acids is 1. The molecule has 1 amide bonds. The van der Waals surface area contributed by atoms with Crippen LogP contribution in [0, 0.1) is 13.8 Å². The Labute approximate surface area is 181 Å². The molecule has 6 nitrogen and oxygen atoms in total. The summed E-state index contributed by atoms with van der Waals surface area (Å²) in [6.07, 6.45) is 2.49. The van der Waals surface area contributed by atoms with Crippen molar-refractivity contribution in [3.63, 3.8) is 0 Å². The largest absolute Gasteiger partial charge is 0.354 e. The van der Waals surface area contributed by atoms with Crippen LogP contribution in [0.2, 0.25) is 0 Å². The van der Waals surface area contributed by atoms with Gasteiger partial charge in [0, 0.05) is 23.3 Å². The molecule has 1 N–H and O–H groups in total. The third kappa shape index (κ3) is 3.89. The molecule has 0 aliphatic rings. The van der Waals surface area contributed by atoms with Crippen LogP contribution in [0.5, 0.6) is 0 Å². The molecule has 0 spiro atoms. The highest BCUT2D eigenvalue weighted by Gasteiger charge is 2.23. The van der Waals surface area contributed by atoms with Crippen molar-refractivity contribution in [3.05, 3.63) is 94.2 Å². The molecular weight excluding hydrogens is 388 g/mol. The van der Waals surface area contributed by atoms with Crippen molar-refractivity contribution in [3.8, 4) is 5.69 Å². The van der Waals surface area contributed by atoms with Gasteiger partial charge in [-0.05, 0) is 44.9 Å². The number of hydrogen-bond donors (Lipinski definition) is 1. The summed E-state index contributed by atoms with van der Waals surface area (Å²) < 4.78 is 3.34. The van der Waals surface area contributed by atoms with E-state index in [9.17, 15) is 9.59 Å². The van der Waals surface area contributed by atoms with Gasteiger partial charge in [-0.1, -0.05) is 48.5 Å². The van der Waals surface area contributed by atoms with E-state index in [0.29, 0.717) is 17.6 Å². The number of nitrogens with one attached hydrogen (secondary N) is 1. The van der Waals surface area contributed by atoms with Gasteiger partial charge in [0.25, 0.3) is 5.56 Å². The minimum Gasteiger partial charge on any atom is -0.354 e. The van der Waals surface area contributed by atoms with Crippen molar-refractivity contribution < 1.29 is 4.79 Å². The molecule has 2 aromatic carbocycles. The molecule has 158 valence electrons. The van der Waals surface area contributed by atoms with E-state index >= 15 is 0 Å². The highest BCUT2D eigenvalue weighted by Crippen LogP contribution is 2.26. The zero-order chi connectivity index (χ0) is 22.0. The molecule has 0 aliphatic heterocycles. The van der Waals surface area contributed by atoms with E-state index in [1.54, 1.807) is 6.20 Å². The van der Waals surface area contributed by atoms with Crippen LogP contribution in [0.1, 0.15) is 29.9 Å². The van der Waals surface area contributed by atoms with Gasteiger partial charge in [-0.2, -0.15) is 9.78 Å². The standard InChI is InChI=1S/C25H26N4O2/c1-17-22-16-27-29(21-12-8-5-9-13-21)25(31)23(22)18(2)28(17)19(3)24(30)26-15-14-20-10-6-4-7-11-20/h4-13,16,19H,14-15H2,1-3H3,(H,26,30)/t19-/m0/s1. The van der Waals surface area contributed by atoms with Gasteiger partial charge < -0.3 is 9.88 Å². The lowest BCUT2D eigenvalue weighted by Crippen LogP contribution is -2.33. The molecule has 0 aliphatic carbocycles. The van der Waals surface area contributed by atoms with Crippen LogP contribution < -0.4 is 10.9 Å². The number of rotatable bonds is 6. The van der Waals surface area contributed by atoms with Crippen molar-refractivity contribution in [1.82, 2.24) is 19.7 Å². The number of hydrogen-bond acceptors (Lipinski definition) is 3. The molecule has 6 heteroatoms. The Hall–Kier alpha value is -3.67. The van der Waals surface area contributed by atoms with Gasteiger partial charge in [0.05, 0.1) is 17.3 Å². The molecule has 2 heterocycles. The lowest BCUT2D eigenvalue weighted by atomic mass is 10.1. The Morgan fingerprint density at radius 3 is 2.32 bits per heavy atom. The van der Waals surface area contributed by atoms with E-state index in [2.05, 4.69) is 10.4 Å². The molecule has 4 aromatic rings. The molecule has 0 saturated heterocycles. The highest BCUT2D eigenvalue weighted by molar-refractivity contribution is 5.89. The molecule has 4 rings (SSSR count). The fraction of sp³-hybridized carbons (Fsp3) is 0.240. The normalized spacial score (nSPS) is 12.1. The van der Waals surface area contributed by atoms with Gasteiger partial charge in [0.1, 0.15) is 6.04 Å². The predicted octanol–water partition coefficient (Wildman–Crippen LogP) is 3.72. The zero-order valence-electron chi connectivity index (χ0n) is 18.0. The van der Waals surface area contributed by atoms with E-state index in [0.717, 1.165) is 23.2 Å². The SMILES string of the molecule is Cc1c2cnn(-c3ccccc3)c(=O)c2c(C)n1[C@@H](C)C(=O)NCCc1ccccc1. The first-order valence-corrected chi connectivity index (χ1v) is 10.5. The number of fused-ring (bicyclic) bond motifs is 1. The fourth-order valence-corrected chi connectivity index (χ4v) is 4.15. The first kappa shape index (κ1) is 20.6. The van der Waals surface area contributed by atoms with Crippen molar-refractivity contribution in [2.24, 2.45) is 0 Å². The second-order valence-electron chi connectivity index (χ2n) is 7.73. The average molecular weight is 415 g/mol. The van der Waals surface area contributed by atoms with Gasteiger partial charge in [-0.25, -0.2) is 0 Å². The molecule has 0 unspecified atom stereocenters. The van der Waals surface area contributed by atoms with Crippen LogP contribution in [-0.4, -0.2) is 26.8 Å². The van der Waals surface area contributed by atoms with E-state index in [1.807, 2.05) is 86.0 Å². The number of carbonyl (C=O) groups is 1. The second kappa shape index (κ2) is 8.60. The smallest absolute Gasteiger partial charge is 0.281 e. The summed E-state index contributed by atoms with van der Waals surface area (Å²) in [5.41, 5.74) is 3.35. The summed E-state index contributed by atoms with van der Waals surface area (Å²) in [7, 11) is 0. The second-order valence-corrected chi connectivity index (χ2v) is 7.73. The lowest BCUT2D eigenvalue weighted by Gasteiger charge is -2.18. The third-order valence-corrected chi connectivity index (χ3v) is 5.78. The van der Waals surface area contributed by atoms with Crippen LogP contribution >= 0.6 is 0 Å². The number of amides is 1. The van der Waals surface area contributed by atoms with Crippen molar-refractivity contribution >= 4 is 16.7 Å². The van der Waals surface area contributed by atoms with Crippen LogP contribution in [0.4, 0.5) is 0 Å². The van der Waals surface area contributed by atoms with Crippen molar-refractivity contribution in [2.45, 2.75) is 33.2 Å². The van der Waals surface area contributed by atoms with Crippen LogP contribution in [0.3, 0.4) is 0 Å². The Kier molecular flexibility index (Phi) is 5.71. The van der Waals surface area contributed by atoms with Crippen molar-refractivity contribution in [2.75, 3.05) is 6.54 Å². The first-order valence-electron chi connectivity index (χ1n) is 10.5. The molecular formula is C25H26N4O2. The Morgan fingerprint density at radius 1 is 1.00 bits per heavy atom. The van der Waals surface area contributed by atoms with Gasteiger partial charge >= 0.3 is 0 Å². The van der Waals surface area contributed by atoms with E-state index in [-0.39, 0.29) is 11.5 Å². The molecule has 31 heavy (non-hydrogen) atoms. The van der Waals surface area contributed by atoms with E-state index < -0.39 is 6.04 Å². The fourth-order valence-electron chi connectivity index (χ4n) is 4.15. The maximum Gasteiger partial charge on any atom is 0.281 e.